The number of halogens is 1. The van der Waals surface area contributed by atoms with Gasteiger partial charge in [-0.3, -0.25) is 14.2 Å². The summed E-state index contributed by atoms with van der Waals surface area (Å²) in [6, 6.07) is 23.1. The van der Waals surface area contributed by atoms with Crippen molar-refractivity contribution < 1.29 is 13.9 Å². The Bertz CT molecular complexity index is 1390. The maximum atomic E-state index is 13.3. The van der Waals surface area contributed by atoms with E-state index in [-0.39, 0.29) is 29.1 Å². The highest BCUT2D eigenvalue weighted by Crippen LogP contribution is 2.24. The smallest absolute Gasteiger partial charge is 0.262 e. The molecule has 1 unspecified atom stereocenters. The summed E-state index contributed by atoms with van der Waals surface area (Å²) in [6.45, 7) is 1.66. The Kier molecular flexibility index (Phi) is 6.92. The van der Waals surface area contributed by atoms with Crippen molar-refractivity contribution in [3.8, 4) is 0 Å². The van der Waals surface area contributed by atoms with Gasteiger partial charge >= 0.3 is 0 Å². The number of morpholine rings is 1. The minimum atomic E-state index is -0.307. The summed E-state index contributed by atoms with van der Waals surface area (Å²) < 4.78 is 20.7. The maximum Gasteiger partial charge on any atom is 0.262 e. The lowest BCUT2D eigenvalue weighted by Crippen LogP contribution is -2.43. The van der Waals surface area contributed by atoms with Crippen molar-refractivity contribution >= 4 is 28.6 Å². The van der Waals surface area contributed by atoms with Crippen molar-refractivity contribution in [2.24, 2.45) is 0 Å². The maximum absolute atomic E-state index is 13.3. The molecule has 1 aliphatic heterocycles. The van der Waals surface area contributed by atoms with E-state index in [0.717, 1.165) is 11.1 Å². The number of fused-ring (bicyclic) bond motifs is 1. The SMILES string of the molecule is O=C(CSc1nc2ccccc2c(=O)n1Cc1ccccc1)N1CCOC(c2ccc(F)cc2)C1. The minimum absolute atomic E-state index is 0.0564. The van der Waals surface area contributed by atoms with Crippen LogP contribution in [-0.2, 0) is 16.1 Å². The Labute approximate surface area is 206 Å². The summed E-state index contributed by atoms with van der Waals surface area (Å²) in [5.41, 5.74) is 2.30. The summed E-state index contributed by atoms with van der Waals surface area (Å²) in [6.07, 6.45) is -0.298. The van der Waals surface area contributed by atoms with Crippen LogP contribution in [0.3, 0.4) is 0 Å². The van der Waals surface area contributed by atoms with Gasteiger partial charge in [-0.25, -0.2) is 9.37 Å². The van der Waals surface area contributed by atoms with Crippen LogP contribution in [0, 0.1) is 5.82 Å². The van der Waals surface area contributed by atoms with Crippen molar-refractivity contribution in [2.75, 3.05) is 25.4 Å². The zero-order valence-electron chi connectivity index (χ0n) is 19.0. The van der Waals surface area contributed by atoms with Gasteiger partial charge in [0.15, 0.2) is 5.16 Å². The van der Waals surface area contributed by atoms with Crippen molar-refractivity contribution in [3.63, 3.8) is 0 Å². The molecule has 35 heavy (non-hydrogen) atoms. The van der Waals surface area contributed by atoms with Gasteiger partial charge in [-0.2, -0.15) is 0 Å². The Morgan fingerprint density at radius 3 is 2.57 bits per heavy atom. The van der Waals surface area contributed by atoms with Crippen LogP contribution >= 0.6 is 11.8 Å². The highest BCUT2D eigenvalue weighted by molar-refractivity contribution is 7.99. The second-order valence-corrected chi connectivity index (χ2v) is 9.27. The normalized spacial score (nSPS) is 15.9. The standard InChI is InChI=1S/C27H24FN3O3S/c28-21-12-10-20(11-13-21)24-17-30(14-15-34-24)25(32)18-35-27-29-23-9-5-4-8-22(23)26(33)31(27)16-19-6-2-1-3-7-19/h1-13,24H,14-18H2. The number of amides is 1. The third-order valence-electron chi connectivity index (χ3n) is 6.00. The first-order chi connectivity index (χ1) is 17.1. The van der Waals surface area contributed by atoms with Gasteiger partial charge in [0.1, 0.15) is 11.9 Å². The Morgan fingerprint density at radius 1 is 1.03 bits per heavy atom. The van der Waals surface area contributed by atoms with E-state index in [4.69, 9.17) is 9.72 Å². The summed E-state index contributed by atoms with van der Waals surface area (Å²) in [5.74, 6) is -0.215. The fourth-order valence-electron chi connectivity index (χ4n) is 4.14. The summed E-state index contributed by atoms with van der Waals surface area (Å²) >= 11 is 1.27. The molecule has 178 valence electrons. The predicted octanol–water partition coefficient (Wildman–Crippen LogP) is 4.28. The second-order valence-electron chi connectivity index (χ2n) is 8.33. The van der Waals surface area contributed by atoms with E-state index < -0.39 is 0 Å². The van der Waals surface area contributed by atoms with Crippen molar-refractivity contribution in [3.05, 3.63) is 106 Å². The number of hydrogen-bond acceptors (Lipinski definition) is 5. The Hall–Kier alpha value is -3.49. The van der Waals surface area contributed by atoms with Crippen LogP contribution in [0.1, 0.15) is 17.2 Å². The van der Waals surface area contributed by atoms with Crippen LogP contribution in [0.4, 0.5) is 4.39 Å². The van der Waals surface area contributed by atoms with Gasteiger partial charge in [0.25, 0.3) is 5.56 Å². The van der Waals surface area contributed by atoms with Gasteiger partial charge in [-0.05, 0) is 35.4 Å². The largest absolute Gasteiger partial charge is 0.370 e. The average Bonchev–Trinajstić information content (AvgIpc) is 2.90. The first-order valence-corrected chi connectivity index (χ1v) is 12.4. The van der Waals surface area contributed by atoms with Crippen molar-refractivity contribution in [2.45, 2.75) is 17.8 Å². The fraction of sp³-hybridized carbons (Fsp3) is 0.222. The number of aromatic nitrogens is 2. The third-order valence-corrected chi connectivity index (χ3v) is 6.96. The van der Waals surface area contributed by atoms with Gasteiger partial charge in [0.2, 0.25) is 5.91 Å². The molecule has 0 radical (unpaired) electrons. The molecule has 0 aliphatic carbocycles. The van der Waals surface area contributed by atoms with Crippen LogP contribution in [0.2, 0.25) is 0 Å². The third kappa shape index (κ3) is 5.28. The van der Waals surface area contributed by atoms with E-state index in [2.05, 4.69) is 0 Å². The molecule has 1 atom stereocenters. The van der Waals surface area contributed by atoms with E-state index in [1.807, 2.05) is 48.5 Å². The molecule has 5 rings (SSSR count). The lowest BCUT2D eigenvalue weighted by Gasteiger charge is -2.33. The topological polar surface area (TPSA) is 64.4 Å². The molecule has 3 aromatic carbocycles. The number of carbonyl (C=O) groups excluding carboxylic acids is 1. The zero-order valence-corrected chi connectivity index (χ0v) is 19.8. The van der Waals surface area contributed by atoms with E-state index >= 15 is 0 Å². The molecular formula is C27H24FN3O3S. The van der Waals surface area contributed by atoms with Crippen LogP contribution in [0.5, 0.6) is 0 Å². The van der Waals surface area contributed by atoms with E-state index in [9.17, 15) is 14.0 Å². The highest BCUT2D eigenvalue weighted by atomic mass is 32.2. The molecule has 8 heteroatoms. The molecule has 1 fully saturated rings. The Morgan fingerprint density at radius 2 is 1.77 bits per heavy atom. The number of carbonyl (C=O) groups is 1. The van der Waals surface area contributed by atoms with Gasteiger partial charge in [0, 0.05) is 6.54 Å². The number of rotatable bonds is 6. The molecule has 2 heterocycles. The van der Waals surface area contributed by atoms with Crippen molar-refractivity contribution in [1.29, 1.82) is 0 Å². The van der Waals surface area contributed by atoms with Gasteiger partial charge in [-0.15, -0.1) is 0 Å². The molecule has 1 amide bonds. The van der Waals surface area contributed by atoms with Gasteiger partial charge in [-0.1, -0.05) is 66.4 Å². The quantitative estimate of drug-likeness (QED) is 0.299. The molecule has 0 spiro atoms. The van der Waals surface area contributed by atoms with Gasteiger partial charge in [0.05, 0.1) is 36.4 Å². The molecule has 0 saturated carbocycles. The summed E-state index contributed by atoms with van der Waals surface area (Å²) in [5, 5.41) is 1.06. The summed E-state index contributed by atoms with van der Waals surface area (Å²) in [4.78, 5) is 32.9. The number of nitrogens with zero attached hydrogens (tertiary/aromatic N) is 3. The lowest BCUT2D eigenvalue weighted by molar-refractivity contribution is -0.136. The molecule has 4 aromatic rings. The first kappa shape index (κ1) is 23.3. The van der Waals surface area contributed by atoms with Crippen LogP contribution < -0.4 is 5.56 Å². The van der Waals surface area contributed by atoms with Crippen LogP contribution in [0.15, 0.2) is 88.8 Å². The number of para-hydroxylation sites is 1. The van der Waals surface area contributed by atoms with Gasteiger partial charge < -0.3 is 9.64 Å². The number of benzene rings is 3. The van der Waals surface area contributed by atoms with E-state index in [0.29, 0.717) is 42.3 Å². The number of thioether (sulfide) groups is 1. The molecular weight excluding hydrogens is 465 g/mol. The fourth-order valence-corrected chi connectivity index (χ4v) is 5.04. The molecule has 1 saturated heterocycles. The molecule has 0 bridgehead atoms. The molecule has 1 aromatic heterocycles. The number of ether oxygens (including phenoxy) is 1. The molecule has 6 nitrogen and oxygen atoms in total. The second kappa shape index (κ2) is 10.4. The predicted molar refractivity (Wildman–Crippen MR) is 134 cm³/mol. The van der Waals surface area contributed by atoms with E-state index in [1.165, 1.54) is 23.9 Å². The Balaban J connectivity index is 1.35. The zero-order chi connectivity index (χ0) is 24.2. The first-order valence-electron chi connectivity index (χ1n) is 11.4. The average molecular weight is 490 g/mol. The van der Waals surface area contributed by atoms with E-state index in [1.54, 1.807) is 27.7 Å². The monoisotopic (exact) mass is 489 g/mol. The molecule has 0 N–H and O–H groups in total. The summed E-state index contributed by atoms with van der Waals surface area (Å²) in [7, 11) is 0. The van der Waals surface area contributed by atoms with Crippen molar-refractivity contribution in [1.82, 2.24) is 14.5 Å². The van der Waals surface area contributed by atoms with Crippen LogP contribution in [0.25, 0.3) is 10.9 Å². The molecule has 1 aliphatic rings. The number of hydrogen-bond donors (Lipinski definition) is 0. The minimum Gasteiger partial charge on any atom is -0.370 e. The highest BCUT2D eigenvalue weighted by Gasteiger charge is 2.26. The van der Waals surface area contributed by atoms with Crippen LogP contribution in [-0.4, -0.2) is 45.8 Å². The lowest BCUT2D eigenvalue weighted by atomic mass is 10.1.